The Bertz CT molecular complexity index is 899. The van der Waals surface area contributed by atoms with Gasteiger partial charge in [0.25, 0.3) is 5.91 Å². The molecule has 3 aromatic rings. The predicted molar refractivity (Wildman–Crippen MR) is 91.9 cm³/mol. The second-order valence-electron chi connectivity index (χ2n) is 6.09. The molecule has 4 rings (SSSR count). The second kappa shape index (κ2) is 6.64. The predicted octanol–water partition coefficient (Wildman–Crippen LogP) is 3.05. The zero-order valence-electron chi connectivity index (χ0n) is 13.6. The largest absolute Gasteiger partial charge is 0.376 e. The average Bonchev–Trinajstić information content (AvgIpc) is 3.28. The third-order valence-corrected chi connectivity index (χ3v) is 4.38. The van der Waals surface area contributed by atoms with Crippen LogP contribution in [-0.2, 0) is 4.74 Å². The maximum atomic E-state index is 13.3. The lowest BCUT2D eigenvalue weighted by Crippen LogP contribution is -2.32. The first-order chi connectivity index (χ1) is 12.2. The number of aromatic nitrogens is 2. The summed E-state index contributed by atoms with van der Waals surface area (Å²) in [5.74, 6) is -0.569. The van der Waals surface area contributed by atoms with Crippen molar-refractivity contribution in [1.82, 2.24) is 14.7 Å². The summed E-state index contributed by atoms with van der Waals surface area (Å²) in [6.45, 7) is 1.21. The lowest BCUT2D eigenvalue weighted by Gasteiger charge is -2.11. The minimum atomic E-state index is -0.318. The minimum absolute atomic E-state index is 0.0650. The molecule has 5 nitrogen and oxygen atoms in total. The minimum Gasteiger partial charge on any atom is -0.376 e. The van der Waals surface area contributed by atoms with E-state index in [1.165, 1.54) is 12.1 Å². The highest BCUT2D eigenvalue weighted by Gasteiger charge is 2.22. The van der Waals surface area contributed by atoms with Gasteiger partial charge in [-0.15, -0.1) is 0 Å². The van der Waals surface area contributed by atoms with Crippen molar-refractivity contribution in [2.45, 2.75) is 18.9 Å². The number of carbonyl (C=O) groups is 1. The Morgan fingerprint density at radius 2 is 2.12 bits per heavy atom. The quantitative estimate of drug-likeness (QED) is 0.795. The molecule has 1 N–H and O–H groups in total. The Morgan fingerprint density at radius 1 is 1.28 bits per heavy atom. The number of ether oxygens (including phenoxy) is 1. The van der Waals surface area contributed by atoms with Crippen molar-refractivity contribution in [3.63, 3.8) is 0 Å². The molecule has 2 aromatic heterocycles. The molecule has 0 aliphatic carbocycles. The van der Waals surface area contributed by atoms with Gasteiger partial charge in [0, 0.05) is 24.9 Å². The molecule has 0 unspecified atom stereocenters. The lowest BCUT2D eigenvalue weighted by atomic mass is 10.1. The Balaban J connectivity index is 1.70. The summed E-state index contributed by atoms with van der Waals surface area (Å²) in [4.78, 5) is 17.2. The van der Waals surface area contributed by atoms with E-state index in [4.69, 9.17) is 4.74 Å². The molecule has 1 saturated heterocycles. The summed E-state index contributed by atoms with van der Waals surface area (Å²) in [6, 6.07) is 11.6. The van der Waals surface area contributed by atoms with Gasteiger partial charge in [0.2, 0.25) is 0 Å². The Hall–Kier alpha value is -2.73. The highest BCUT2D eigenvalue weighted by molar-refractivity contribution is 5.99. The van der Waals surface area contributed by atoms with Crippen molar-refractivity contribution in [2.24, 2.45) is 0 Å². The molecule has 0 radical (unpaired) electrons. The highest BCUT2D eigenvalue weighted by atomic mass is 19.1. The van der Waals surface area contributed by atoms with Gasteiger partial charge in [-0.1, -0.05) is 6.07 Å². The Kier molecular flexibility index (Phi) is 4.19. The molecular weight excluding hydrogens is 321 g/mol. The van der Waals surface area contributed by atoms with E-state index in [2.05, 4.69) is 10.3 Å². The molecule has 3 heterocycles. The number of rotatable bonds is 4. The van der Waals surface area contributed by atoms with Crippen LogP contribution in [0.1, 0.15) is 23.3 Å². The normalized spacial score (nSPS) is 17.1. The zero-order chi connectivity index (χ0) is 17.2. The number of carbonyl (C=O) groups excluding carboxylic acids is 1. The van der Waals surface area contributed by atoms with Crippen LogP contribution in [0.15, 0.2) is 48.7 Å². The molecule has 1 atom stereocenters. The number of benzene rings is 1. The third-order valence-electron chi connectivity index (χ3n) is 4.38. The van der Waals surface area contributed by atoms with Gasteiger partial charge < -0.3 is 10.1 Å². The summed E-state index contributed by atoms with van der Waals surface area (Å²) >= 11 is 0. The van der Waals surface area contributed by atoms with E-state index in [0.717, 1.165) is 25.0 Å². The van der Waals surface area contributed by atoms with Crippen molar-refractivity contribution in [3.05, 3.63) is 60.2 Å². The van der Waals surface area contributed by atoms with E-state index in [9.17, 15) is 9.18 Å². The van der Waals surface area contributed by atoms with Crippen LogP contribution in [0.3, 0.4) is 0 Å². The maximum Gasteiger partial charge on any atom is 0.272 e. The molecule has 0 bridgehead atoms. The van der Waals surface area contributed by atoms with Crippen molar-refractivity contribution >= 4 is 11.6 Å². The van der Waals surface area contributed by atoms with Crippen molar-refractivity contribution in [1.29, 1.82) is 0 Å². The Morgan fingerprint density at radius 3 is 2.88 bits per heavy atom. The van der Waals surface area contributed by atoms with Gasteiger partial charge in [0.15, 0.2) is 5.69 Å². The van der Waals surface area contributed by atoms with E-state index in [0.29, 0.717) is 23.6 Å². The van der Waals surface area contributed by atoms with Crippen LogP contribution in [-0.4, -0.2) is 34.5 Å². The fourth-order valence-corrected chi connectivity index (χ4v) is 3.13. The fraction of sp³-hybridized carbons (Fsp3) is 0.263. The monoisotopic (exact) mass is 339 g/mol. The average molecular weight is 339 g/mol. The van der Waals surface area contributed by atoms with E-state index in [-0.39, 0.29) is 17.8 Å². The standard InChI is InChI=1S/C19H18FN3O2/c20-14-8-6-13(7-9-14)18-17(22-16-5-1-2-10-23(16)18)19(24)21-12-15-4-3-11-25-15/h1-2,5-10,15H,3-4,11-12H2,(H,21,24)/t15-/m0/s1. The first kappa shape index (κ1) is 15.8. The number of nitrogens with zero attached hydrogens (tertiary/aromatic N) is 2. The molecule has 6 heteroatoms. The molecule has 0 saturated carbocycles. The van der Waals surface area contributed by atoms with Crippen LogP contribution in [0.5, 0.6) is 0 Å². The number of hydrogen-bond acceptors (Lipinski definition) is 3. The molecule has 1 aliphatic rings. The number of amides is 1. The number of imidazole rings is 1. The Labute approximate surface area is 144 Å². The van der Waals surface area contributed by atoms with Gasteiger partial charge in [0.05, 0.1) is 11.8 Å². The second-order valence-corrected chi connectivity index (χ2v) is 6.09. The van der Waals surface area contributed by atoms with Crippen LogP contribution in [0, 0.1) is 5.82 Å². The molecule has 1 aromatic carbocycles. The molecule has 1 fully saturated rings. The van der Waals surface area contributed by atoms with Crippen LogP contribution in [0.25, 0.3) is 16.9 Å². The van der Waals surface area contributed by atoms with Gasteiger partial charge in [0.1, 0.15) is 11.5 Å². The third kappa shape index (κ3) is 3.13. The van der Waals surface area contributed by atoms with Gasteiger partial charge in [-0.25, -0.2) is 9.37 Å². The van der Waals surface area contributed by atoms with E-state index < -0.39 is 0 Å². The fourth-order valence-electron chi connectivity index (χ4n) is 3.13. The summed E-state index contributed by atoms with van der Waals surface area (Å²) in [6.07, 6.45) is 3.89. The number of nitrogens with one attached hydrogen (secondary N) is 1. The van der Waals surface area contributed by atoms with Crippen LogP contribution in [0.4, 0.5) is 4.39 Å². The van der Waals surface area contributed by atoms with E-state index in [1.807, 2.05) is 28.8 Å². The summed E-state index contributed by atoms with van der Waals surface area (Å²) in [5.41, 5.74) is 2.39. The molecule has 128 valence electrons. The molecular formula is C19H18FN3O2. The summed E-state index contributed by atoms with van der Waals surface area (Å²) in [7, 11) is 0. The van der Waals surface area contributed by atoms with Gasteiger partial charge >= 0.3 is 0 Å². The van der Waals surface area contributed by atoms with Gasteiger partial charge in [-0.2, -0.15) is 0 Å². The van der Waals surface area contributed by atoms with Crippen LogP contribution < -0.4 is 5.32 Å². The number of fused-ring (bicyclic) bond motifs is 1. The summed E-state index contributed by atoms with van der Waals surface area (Å²) < 4.78 is 20.7. The highest BCUT2D eigenvalue weighted by Crippen LogP contribution is 2.25. The molecule has 25 heavy (non-hydrogen) atoms. The van der Waals surface area contributed by atoms with E-state index >= 15 is 0 Å². The molecule has 1 aliphatic heterocycles. The maximum absolute atomic E-state index is 13.3. The number of pyridine rings is 1. The number of halogens is 1. The first-order valence-corrected chi connectivity index (χ1v) is 8.35. The number of hydrogen-bond donors (Lipinski definition) is 1. The van der Waals surface area contributed by atoms with Crippen LogP contribution >= 0.6 is 0 Å². The van der Waals surface area contributed by atoms with Gasteiger partial charge in [-0.3, -0.25) is 9.20 Å². The topological polar surface area (TPSA) is 55.6 Å². The first-order valence-electron chi connectivity index (χ1n) is 8.35. The molecule has 1 amide bonds. The van der Waals surface area contributed by atoms with E-state index in [1.54, 1.807) is 12.1 Å². The van der Waals surface area contributed by atoms with Crippen molar-refractivity contribution < 1.29 is 13.9 Å². The van der Waals surface area contributed by atoms with Crippen molar-refractivity contribution in [3.8, 4) is 11.3 Å². The van der Waals surface area contributed by atoms with Crippen molar-refractivity contribution in [2.75, 3.05) is 13.2 Å². The zero-order valence-corrected chi connectivity index (χ0v) is 13.6. The SMILES string of the molecule is O=C(NC[C@@H]1CCCO1)c1nc2ccccn2c1-c1ccc(F)cc1. The smallest absolute Gasteiger partial charge is 0.272 e. The summed E-state index contributed by atoms with van der Waals surface area (Å²) in [5, 5.41) is 2.91. The lowest BCUT2D eigenvalue weighted by molar-refractivity contribution is 0.0855. The molecule has 0 spiro atoms. The van der Waals surface area contributed by atoms with Crippen LogP contribution in [0.2, 0.25) is 0 Å². The van der Waals surface area contributed by atoms with Gasteiger partial charge in [-0.05, 0) is 49.2 Å².